The molecule has 1 aliphatic carbocycles. The molecule has 1 heteroatoms. The van der Waals surface area contributed by atoms with Gasteiger partial charge in [0.25, 0.3) is 0 Å². The molecule has 0 aromatic heterocycles. The SMILES string of the molecule is CNCC1CCCCC1c1cccc2ccccc12. The third-order valence-electron chi connectivity index (χ3n) is 4.60. The van der Waals surface area contributed by atoms with Gasteiger partial charge in [-0.3, -0.25) is 0 Å². The Balaban J connectivity index is 2.02. The van der Waals surface area contributed by atoms with Gasteiger partial charge in [0.1, 0.15) is 0 Å². The normalized spacial score (nSPS) is 23.6. The second-order valence-electron chi connectivity index (χ2n) is 5.78. The van der Waals surface area contributed by atoms with Crippen molar-refractivity contribution in [3.63, 3.8) is 0 Å². The third kappa shape index (κ3) is 2.52. The molecule has 2 aromatic rings. The second kappa shape index (κ2) is 5.75. The Hall–Kier alpha value is -1.34. The monoisotopic (exact) mass is 253 g/mol. The Morgan fingerprint density at radius 3 is 2.68 bits per heavy atom. The van der Waals surface area contributed by atoms with Gasteiger partial charge in [-0.2, -0.15) is 0 Å². The lowest BCUT2D eigenvalue weighted by Gasteiger charge is -2.32. The molecule has 19 heavy (non-hydrogen) atoms. The average molecular weight is 253 g/mol. The third-order valence-corrected chi connectivity index (χ3v) is 4.60. The van der Waals surface area contributed by atoms with Crippen LogP contribution < -0.4 is 5.32 Å². The highest BCUT2D eigenvalue weighted by molar-refractivity contribution is 5.86. The van der Waals surface area contributed by atoms with Crippen LogP contribution in [-0.2, 0) is 0 Å². The predicted molar refractivity (Wildman–Crippen MR) is 82.6 cm³/mol. The minimum atomic E-state index is 0.729. The number of fused-ring (bicyclic) bond motifs is 1. The molecule has 1 fully saturated rings. The quantitative estimate of drug-likeness (QED) is 0.858. The number of nitrogens with one attached hydrogen (secondary N) is 1. The zero-order valence-corrected chi connectivity index (χ0v) is 11.7. The van der Waals surface area contributed by atoms with Crippen molar-refractivity contribution in [2.45, 2.75) is 31.6 Å². The minimum Gasteiger partial charge on any atom is -0.319 e. The lowest BCUT2D eigenvalue weighted by Crippen LogP contribution is -2.27. The van der Waals surface area contributed by atoms with Crippen molar-refractivity contribution in [1.82, 2.24) is 5.32 Å². The fraction of sp³-hybridized carbons (Fsp3) is 0.444. The highest BCUT2D eigenvalue weighted by Crippen LogP contribution is 2.40. The van der Waals surface area contributed by atoms with Gasteiger partial charge in [-0.15, -0.1) is 0 Å². The molecule has 0 heterocycles. The van der Waals surface area contributed by atoms with Crippen molar-refractivity contribution in [2.75, 3.05) is 13.6 Å². The van der Waals surface area contributed by atoms with Gasteiger partial charge in [-0.1, -0.05) is 55.3 Å². The first-order valence-corrected chi connectivity index (χ1v) is 7.52. The Morgan fingerprint density at radius 1 is 1.00 bits per heavy atom. The molecule has 2 atom stereocenters. The summed E-state index contributed by atoms with van der Waals surface area (Å²) in [5.41, 5.74) is 1.57. The second-order valence-corrected chi connectivity index (χ2v) is 5.78. The molecule has 3 rings (SSSR count). The summed E-state index contributed by atoms with van der Waals surface area (Å²) in [6.07, 6.45) is 5.50. The van der Waals surface area contributed by atoms with Crippen LogP contribution in [0.4, 0.5) is 0 Å². The molecule has 0 aliphatic heterocycles. The molecule has 1 saturated carbocycles. The van der Waals surface area contributed by atoms with E-state index in [9.17, 15) is 0 Å². The van der Waals surface area contributed by atoms with Crippen molar-refractivity contribution >= 4 is 10.8 Å². The molecule has 0 bridgehead atoms. The van der Waals surface area contributed by atoms with Crippen LogP contribution >= 0.6 is 0 Å². The topological polar surface area (TPSA) is 12.0 Å². The van der Waals surface area contributed by atoms with E-state index in [-0.39, 0.29) is 0 Å². The summed E-state index contributed by atoms with van der Waals surface area (Å²) in [5.74, 6) is 1.52. The van der Waals surface area contributed by atoms with E-state index >= 15 is 0 Å². The minimum absolute atomic E-state index is 0.729. The standard InChI is InChI=1S/C18H23N/c1-19-13-15-8-3-5-11-17(15)18-12-6-9-14-7-2-4-10-16(14)18/h2,4,6-7,9-10,12,15,17,19H,3,5,8,11,13H2,1H3. The van der Waals surface area contributed by atoms with E-state index in [0.717, 1.165) is 18.4 Å². The molecule has 0 radical (unpaired) electrons. The lowest BCUT2D eigenvalue weighted by atomic mass is 9.74. The number of hydrogen-bond donors (Lipinski definition) is 1. The first-order valence-electron chi connectivity index (χ1n) is 7.52. The highest BCUT2D eigenvalue weighted by atomic mass is 14.8. The highest BCUT2D eigenvalue weighted by Gasteiger charge is 2.26. The largest absolute Gasteiger partial charge is 0.319 e. The van der Waals surface area contributed by atoms with Crippen LogP contribution in [0.1, 0.15) is 37.2 Å². The van der Waals surface area contributed by atoms with E-state index in [4.69, 9.17) is 0 Å². The summed E-state index contributed by atoms with van der Waals surface area (Å²) in [6, 6.07) is 15.6. The summed E-state index contributed by atoms with van der Waals surface area (Å²) in [7, 11) is 2.08. The first-order chi connectivity index (χ1) is 9.40. The summed E-state index contributed by atoms with van der Waals surface area (Å²) in [6.45, 7) is 1.15. The summed E-state index contributed by atoms with van der Waals surface area (Å²) in [4.78, 5) is 0. The van der Waals surface area contributed by atoms with Crippen LogP contribution in [0.5, 0.6) is 0 Å². The molecule has 0 spiro atoms. The van der Waals surface area contributed by atoms with Crippen LogP contribution in [0.15, 0.2) is 42.5 Å². The molecule has 1 nitrogen and oxygen atoms in total. The Morgan fingerprint density at radius 2 is 1.79 bits per heavy atom. The number of rotatable bonds is 3. The molecular weight excluding hydrogens is 230 g/mol. The van der Waals surface area contributed by atoms with Gasteiger partial charge in [0.2, 0.25) is 0 Å². The smallest absolute Gasteiger partial charge is 0.00177 e. The number of hydrogen-bond acceptors (Lipinski definition) is 1. The van der Waals surface area contributed by atoms with E-state index in [2.05, 4.69) is 54.8 Å². The van der Waals surface area contributed by atoms with Gasteiger partial charge in [-0.05, 0) is 54.6 Å². The van der Waals surface area contributed by atoms with Crippen LogP contribution in [0.3, 0.4) is 0 Å². The van der Waals surface area contributed by atoms with Crippen LogP contribution in [0.25, 0.3) is 10.8 Å². The van der Waals surface area contributed by atoms with Gasteiger partial charge < -0.3 is 5.32 Å². The molecule has 0 amide bonds. The molecule has 1 aliphatic rings. The maximum atomic E-state index is 3.39. The van der Waals surface area contributed by atoms with Gasteiger partial charge in [0, 0.05) is 0 Å². The van der Waals surface area contributed by atoms with E-state index in [1.807, 2.05) is 0 Å². The van der Waals surface area contributed by atoms with E-state index in [1.54, 1.807) is 5.56 Å². The predicted octanol–water partition coefficient (Wildman–Crippen LogP) is 4.33. The summed E-state index contributed by atoms with van der Waals surface area (Å²) >= 11 is 0. The molecule has 100 valence electrons. The lowest BCUT2D eigenvalue weighted by molar-refractivity contribution is 0.302. The Labute approximate surface area is 116 Å². The molecule has 1 N–H and O–H groups in total. The summed E-state index contributed by atoms with van der Waals surface area (Å²) < 4.78 is 0. The molecular formula is C18H23N. The van der Waals surface area contributed by atoms with Gasteiger partial charge in [-0.25, -0.2) is 0 Å². The molecule has 2 unspecified atom stereocenters. The Kier molecular flexibility index (Phi) is 3.84. The average Bonchev–Trinajstić information content (AvgIpc) is 2.48. The zero-order valence-electron chi connectivity index (χ0n) is 11.7. The maximum Gasteiger partial charge on any atom is -0.00177 e. The van der Waals surface area contributed by atoms with E-state index in [1.165, 1.54) is 36.5 Å². The van der Waals surface area contributed by atoms with Gasteiger partial charge >= 0.3 is 0 Å². The summed E-state index contributed by atoms with van der Waals surface area (Å²) in [5, 5.41) is 6.22. The van der Waals surface area contributed by atoms with Gasteiger partial charge in [0.15, 0.2) is 0 Å². The van der Waals surface area contributed by atoms with Crippen LogP contribution in [0, 0.1) is 5.92 Å². The first kappa shape index (κ1) is 12.7. The Bertz CT molecular complexity index is 539. The van der Waals surface area contributed by atoms with Crippen molar-refractivity contribution in [3.05, 3.63) is 48.0 Å². The number of benzene rings is 2. The molecule has 2 aromatic carbocycles. The fourth-order valence-electron chi connectivity index (χ4n) is 3.70. The van der Waals surface area contributed by atoms with Crippen molar-refractivity contribution < 1.29 is 0 Å². The van der Waals surface area contributed by atoms with Gasteiger partial charge in [0.05, 0.1) is 0 Å². The van der Waals surface area contributed by atoms with E-state index < -0.39 is 0 Å². The van der Waals surface area contributed by atoms with Crippen molar-refractivity contribution in [1.29, 1.82) is 0 Å². The van der Waals surface area contributed by atoms with Crippen LogP contribution in [0.2, 0.25) is 0 Å². The zero-order chi connectivity index (χ0) is 13.1. The van der Waals surface area contributed by atoms with Crippen molar-refractivity contribution in [2.24, 2.45) is 5.92 Å². The molecule has 0 saturated heterocycles. The maximum absolute atomic E-state index is 3.39. The fourth-order valence-corrected chi connectivity index (χ4v) is 3.70. The van der Waals surface area contributed by atoms with E-state index in [0.29, 0.717) is 0 Å². The van der Waals surface area contributed by atoms with Crippen molar-refractivity contribution in [3.8, 4) is 0 Å². The van der Waals surface area contributed by atoms with Crippen LogP contribution in [-0.4, -0.2) is 13.6 Å².